The summed E-state index contributed by atoms with van der Waals surface area (Å²) in [6, 6.07) is 5.62. The molecule has 0 bridgehead atoms. The van der Waals surface area contributed by atoms with Crippen molar-refractivity contribution in [3.8, 4) is 5.69 Å². The van der Waals surface area contributed by atoms with Crippen molar-refractivity contribution in [1.82, 2.24) is 15.0 Å². The molecule has 5 heteroatoms. The highest BCUT2D eigenvalue weighted by molar-refractivity contribution is 6.31. The zero-order valence-electron chi connectivity index (χ0n) is 9.11. The molecule has 16 heavy (non-hydrogen) atoms. The maximum Gasteiger partial charge on any atom is 0.111 e. The van der Waals surface area contributed by atoms with Crippen LogP contribution in [0.2, 0.25) is 5.02 Å². The Labute approximate surface area is 98.5 Å². The molecule has 0 saturated heterocycles. The molecule has 2 rings (SSSR count). The first-order valence-electron chi connectivity index (χ1n) is 4.92. The van der Waals surface area contributed by atoms with Gasteiger partial charge in [0, 0.05) is 5.02 Å². The zero-order valence-corrected chi connectivity index (χ0v) is 9.86. The first-order valence-corrected chi connectivity index (χ1v) is 5.30. The standard InChI is InChI=1S/C11H12ClN3O/c1-7-9(12)4-3-5-11(7)15-8(2)10(6-16)13-14-15/h3-5,16H,6H2,1-2H3. The third kappa shape index (κ3) is 1.70. The molecule has 0 saturated carbocycles. The second kappa shape index (κ2) is 4.23. The smallest absolute Gasteiger partial charge is 0.111 e. The monoisotopic (exact) mass is 237 g/mol. The van der Waals surface area contributed by atoms with Crippen LogP contribution < -0.4 is 0 Å². The molecule has 0 aliphatic rings. The van der Waals surface area contributed by atoms with E-state index in [9.17, 15) is 0 Å². The molecule has 1 heterocycles. The third-order valence-corrected chi connectivity index (χ3v) is 3.02. The molecule has 0 aliphatic heterocycles. The van der Waals surface area contributed by atoms with E-state index in [4.69, 9.17) is 16.7 Å². The first-order chi connectivity index (χ1) is 7.65. The van der Waals surface area contributed by atoms with E-state index < -0.39 is 0 Å². The first kappa shape index (κ1) is 11.1. The van der Waals surface area contributed by atoms with Gasteiger partial charge < -0.3 is 5.11 Å². The Morgan fingerprint density at radius 3 is 2.75 bits per heavy atom. The second-order valence-electron chi connectivity index (χ2n) is 3.58. The number of nitrogens with zero attached hydrogens (tertiary/aromatic N) is 3. The average Bonchev–Trinajstić information content (AvgIpc) is 2.64. The molecular formula is C11H12ClN3O. The van der Waals surface area contributed by atoms with Crippen LogP contribution in [0.1, 0.15) is 17.0 Å². The number of hydrogen-bond acceptors (Lipinski definition) is 3. The van der Waals surface area contributed by atoms with Crippen LogP contribution in [0.3, 0.4) is 0 Å². The van der Waals surface area contributed by atoms with Gasteiger partial charge in [-0.05, 0) is 31.5 Å². The van der Waals surface area contributed by atoms with Gasteiger partial charge in [-0.3, -0.25) is 0 Å². The molecule has 0 radical (unpaired) electrons. The lowest BCUT2D eigenvalue weighted by molar-refractivity contribution is 0.276. The van der Waals surface area contributed by atoms with Crippen LogP contribution in [0.5, 0.6) is 0 Å². The molecule has 84 valence electrons. The van der Waals surface area contributed by atoms with E-state index in [0.717, 1.165) is 16.9 Å². The number of aliphatic hydroxyl groups is 1. The Morgan fingerprint density at radius 2 is 2.12 bits per heavy atom. The van der Waals surface area contributed by atoms with Crippen molar-refractivity contribution < 1.29 is 5.11 Å². The van der Waals surface area contributed by atoms with E-state index in [0.29, 0.717) is 10.7 Å². The van der Waals surface area contributed by atoms with Crippen molar-refractivity contribution >= 4 is 11.6 Å². The maximum atomic E-state index is 9.06. The molecule has 2 aromatic rings. The summed E-state index contributed by atoms with van der Waals surface area (Å²) in [7, 11) is 0. The summed E-state index contributed by atoms with van der Waals surface area (Å²) in [5, 5.41) is 17.7. The fraction of sp³-hybridized carbons (Fsp3) is 0.273. The number of halogens is 1. The molecule has 1 aromatic heterocycles. The van der Waals surface area contributed by atoms with Crippen LogP contribution in [0.15, 0.2) is 18.2 Å². The van der Waals surface area contributed by atoms with Gasteiger partial charge in [-0.2, -0.15) is 0 Å². The van der Waals surface area contributed by atoms with Crippen LogP contribution in [0, 0.1) is 13.8 Å². The topological polar surface area (TPSA) is 50.9 Å². The van der Waals surface area contributed by atoms with Crippen molar-refractivity contribution in [2.24, 2.45) is 0 Å². The normalized spacial score (nSPS) is 10.8. The Morgan fingerprint density at radius 1 is 1.38 bits per heavy atom. The summed E-state index contributed by atoms with van der Waals surface area (Å²) >= 11 is 6.05. The van der Waals surface area contributed by atoms with Gasteiger partial charge in [-0.15, -0.1) is 5.10 Å². The van der Waals surface area contributed by atoms with Gasteiger partial charge in [0.15, 0.2) is 0 Å². The number of rotatable bonds is 2. The van der Waals surface area contributed by atoms with Crippen molar-refractivity contribution in [2.45, 2.75) is 20.5 Å². The summed E-state index contributed by atoms with van der Waals surface area (Å²) < 4.78 is 1.69. The summed E-state index contributed by atoms with van der Waals surface area (Å²) in [5.74, 6) is 0. The van der Waals surface area contributed by atoms with E-state index in [2.05, 4.69) is 10.3 Å². The molecule has 1 N–H and O–H groups in total. The van der Waals surface area contributed by atoms with E-state index in [1.54, 1.807) is 4.68 Å². The lowest BCUT2D eigenvalue weighted by Gasteiger charge is -2.08. The number of benzene rings is 1. The molecular weight excluding hydrogens is 226 g/mol. The predicted molar refractivity (Wildman–Crippen MR) is 61.8 cm³/mol. The molecule has 0 atom stereocenters. The van der Waals surface area contributed by atoms with Crippen LogP contribution >= 0.6 is 11.6 Å². The quantitative estimate of drug-likeness (QED) is 0.870. The third-order valence-electron chi connectivity index (χ3n) is 2.61. The Kier molecular flexibility index (Phi) is 2.94. The lowest BCUT2D eigenvalue weighted by atomic mass is 10.2. The Bertz CT molecular complexity index is 522. The van der Waals surface area contributed by atoms with Gasteiger partial charge in [0.1, 0.15) is 5.69 Å². The van der Waals surface area contributed by atoms with Crippen molar-refractivity contribution in [1.29, 1.82) is 0 Å². The number of aliphatic hydroxyl groups excluding tert-OH is 1. The van der Waals surface area contributed by atoms with Gasteiger partial charge in [-0.1, -0.05) is 22.9 Å². The van der Waals surface area contributed by atoms with Gasteiger partial charge in [0.05, 0.1) is 18.0 Å². The summed E-state index contributed by atoms with van der Waals surface area (Å²) in [5.41, 5.74) is 3.24. The maximum absolute atomic E-state index is 9.06. The summed E-state index contributed by atoms with van der Waals surface area (Å²) in [4.78, 5) is 0. The van der Waals surface area contributed by atoms with Gasteiger partial charge in [-0.25, -0.2) is 4.68 Å². The van der Waals surface area contributed by atoms with Gasteiger partial charge in [0.2, 0.25) is 0 Å². The number of aromatic nitrogens is 3. The van der Waals surface area contributed by atoms with Crippen molar-refractivity contribution in [3.63, 3.8) is 0 Å². The fourth-order valence-electron chi connectivity index (χ4n) is 1.56. The van der Waals surface area contributed by atoms with Crippen LogP contribution in [0.4, 0.5) is 0 Å². The highest BCUT2D eigenvalue weighted by atomic mass is 35.5. The zero-order chi connectivity index (χ0) is 11.7. The SMILES string of the molecule is Cc1c(Cl)cccc1-n1nnc(CO)c1C. The molecule has 0 spiro atoms. The van der Waals surface area contributed by atoms with E-state index in [1.165, 1.54) is 0 Å². The minimum absolute atomic E-state index is 0.106. The Balaban J connectivity index is 2.59. The lowest BCUT2D eigenvalue weighted by Crippen LogP contribution is -2.02. The largest absolute Gasteiger partial charge is 0.390 e. The fourth-order valence-corrected chi connectivity index (χ4v) is 1.73. The van der Waals surface area contributed by atoms with Crippen LogP contribution in [-0.4, -0.2) is 20.1 Å². The van der Waals surface area contributed by atoms with Gasteiger partial charge >= 0.3 is 0 Å². The van der Waals surface area contributed by atoms with Gasteiger partial charge in [0.25, 0.3) is 0 Å². The van der Waals surface area contributed by atoms with Crippen LogP contribution in [-0.2, 0) is 6.61 Å². The minimum atomic E-state index is -0.106. The van der Waals surface area contributed by atoms with E-state index in [1.807, 2.05) is 32.0 Å². The molecule has 1 aromatic carbocycles. The second-order valence-corrected chi connectivity index (χ2v) is 3.98. The van der Waals surface area contributed by atoms with E-state index >= 15 is 0 Å². The number of hydrogen-bond donors (Lipinski definition) is 1. The minimum Gasteiger partial charge on any atom is -0.390 e. The highest BCUT2D eigenvalue weighted by Gasteiger charge is 2.11. The molecule has 4 nitrogen and oxygen atoms in total. The molecule has 0 fully saturated rings. The van der Waals surface area contributed by atoms with Crippen LogP contribution in [0.25, 0.3) is 5.69 Å². The highest BCUT2D eigenvalue weighted by Crippen LogP contribution is 2.22. The molecule has 0 amide bonds. The molecule has 0 aliphatic carbocycles. The predicted octanol–water partition coefficient (Wildman–Crippen LogP) is 2.03. The summed E-state index contributed by atoms with van der Waals surface area (Å²) in [6.45, 7) is 3.69. The van der Waals surface area contributed by atoms with Crippen molar-refractivity contribution in [3.05, 3.63) is 40.2 Å². The average molecular weight is 238 g/mol. The van der Waals surface area contributed by atoms with Crippen molar-refractivity contribution in [2.75, 3.05) is 0 Å². The molecule has 0 unspecified atom stereocenters. The summed E-state index contributed by atoms with van der Waals surface area (Å²) in [6.07, 6.45) is 0. The Hall–Kier alpha value is -1.39. The van der Waals surface area contributed by atoms with E-state index in [-0.39, 0.29) is 6.61 Å².